The second kappa shape index (κ2) is 6.98. The Bertz CT molecular complexity index is 931. The molecule has 2 heterocycles. The highest BCUT2D eigenvalue weighted by atomic mass is 35.5. The van der Waals surface area contributed by atoms with E-state index in [1.807, 2.05) is 18.3 Å². The highest BCUT2D eigenvalue weighted by Gasteiger charge is 2.49. The van der Waals surface area contributed by atoms with Gasteiger partial charge in [0.1, 0.15) is 5.67 Å². The minimum absolute atomic E-state index is 0.0743. The van der Waals surface area contributed by atoms with Crippen LogP contribution in [0.1, 0.15) is 61.8 Å². The molecule has 2 aromatic rings. The molecule has 0 bridgehead atoms. The standard InChI is InChI=1S/C23H29ClFN3O/c1-22(25)7-5-15(6-8-22)11-27-21(29)17-12-28(16-9-23(10-16)13-26-14-23)19-4-2-3-18(24)20(17)19/h2-4,12,15-16,26H,5-11,13-14H2,1H3,(H,27,29). The second-order valence-electron chi connectivity index (χ2n) is 9.82. The molecule has 2 aliphatic carbocycles. The number of halogens is 2. The lowest BCUT2D eigenvalue weighted by atomic mass is 9.61. The number of aromatic nitrogens is 1. The van der Waals surface area contributed by atoms with E-state index in [9.17, 15) is 9.18 Å². The van der Waals surface area contributed by atoms with Crippen LogP contribution < -0.4 is 10.6 Å². The Morgan fingerprint density at radius 3 is 2.69 bits per heavy atom. The first kappa shape index (κ1) is 19.4. The minimum Gasteiger partial charge on any atom is -0.352 e. The van der Waals surface area contributed by atoms with Crippen LogP contribution in [0.5, 0.6) is 0 Å². The lowest BCUT2D eigenvalue weighted by Crippen LogP contribution is -2.60. The fourth-order valence-electron chi connectivity index (χ4n) is 5.46. The van der Waals surface area contributed by atoms with Crippen LogP contribution in [0.3, 0.4) is 0 Å². The van der Waals surface area contributed by atoms with Gasteiger partial charge in [-0.2, -0.15) is 0 Å². The van der Waals surface area contributed by atoms with Crippen LogP contribution in [-0.2, 0) is 0 Å². The number of nitrogens with zero attached hydrogens (tertiary/aromatic N) is 1. The molecule has 1 amide bonds. The molecule has 3 fully saturated rings. The van der Waals surface area contributed by atoms with E-state index in [-0.39, 0.29) is 5.91 Å². The van der Waals surface area contributed by atoms with Crippen LogP contribution in [0.15, 0.2) is 24.4 Å². The molecule has 5 rings (SSSR count). The summed E-state index contributed by atoms with van der Waals surface area (Å²) in [5, 5.41) is 7.95. The number of carbonyl (C=O) groups is 1. The molecule has 1 aromatic carbocycles. The Morgan fingerprint density at radius 2 is 2.03 bits per heavy atom. The fourth-order valence-corrected chi connectivity index (χ4v) is 5.73. The molecule has 29 heavy (non-hydrogen) atoms. The van der Waals surface area contributed by atoms with Crippen molar-refractivity contribution in [1.29, 1.82) is 0 Å². The topological polar surface area (TPSA) is 46.1 Å². The van der Waals surface area contributed by atoms with E-state index in [1.54, 1.807) is 6.92 Å². The van der Waals surface area contributed by atoms with Crippen molar-refractivity contribution in [3.8, 4) is 0 Å². The van der Waals surface area contributed by atoms with Crippen molar-refractivity contribution in [1.82, 2.24) is 15.2 Å². The van der Waals surface area contributed by atoms with Gasteiger partial charge in [0, 0.05) is 37.3 Å². The zero-order chi connectivity index (χ0) is 20.2. The number of benzene rings is 1. The fraction of sp³-hybridized carbons (Fsp3) is 0.609. The molecule has 1 aromatic heterocycles. The van der Waals surface area contributed by atoms with Crippen LogP contribution in [0.2, 0.25) is 5.02 Å². The zero-order valence-corrected chi connectivity index (χ0v) is 17.7. The van der Waals surface area contributed by atoms with Gasteiger partial charge in [-0.25, -0.2) is 4.39 Å². The van der Waals surface area contributed by atoms with Gasteiger partial charge in [-0.1, -0.05) is 17.7 Å². The predicted molar refractivity (Wildman–Crippen MR) is 114 cm³/mol. The van der Waals surface area contributed by atoms with Gasteiger partial charge in [-0.05, 0) is 68.9 Å². The maximum absolute atomic E-state index is 14.0. The molecule has 3 aliphatic rings. The quantitative estimate of drug-likeness (QED) is 0.745. The summed E-state index contributed by atoms with van der Waals surface area (Å²) in [6, 6.07) is 6.30. The normalized spacial score (nSPS) is 28.9. The average Bonchev–Trinajstić information content (AvgIpc) is 2.99. The number of hydrogen-bond acceptors (Lipinski definition) is 2. The molecular formula is C23H29ClFN3O. The van der Waals surface area contributed by atoms with Gasteiger partial charge in [0.25, 0.3) is 5.91 Å². The number of carbonyl (C=O) groups excluding carboxylic acids is 1. The van der Waals surface area contributed by atoms with Crippen LogP contribution in [0.4, 0.5) is 4.39 Å². The van der Waals surface area contributed by atoms with E-state index in [0.29, 0.717) is 47.3 Å². The number of alkyl halides is 1. The summed E-state index contributed by atoms with van der Waals surface area (Å²) in [5.74, 6) is 0.277. The lowest BCUT2D eigenvalue weighted by Gasteiger charge is -2.54. The first-order valence-electron chi connectivity index (χ1n) is 10.8. The molecule has 0 unspecified atom stereocenters. The predicted octanol–water partition coefficient (Wildman–Crippen LogP) is 4.87. The van der Waals surface area contributed by atoms with Gasteiger partial charge in [0.05, 0.1) is 16.1 Å². The third-order valence-corrected chi connectivity index (χ3v) is 7.80. The van der Waals surface area contributed by atoms with Gasteiger partial charge < -0.3 is 15.2 Å². The molecule has 156 valence electrons. The Hall–Kier alpha value is -1.59. The van der Waals surface area contributed by atoms with Gasteiger partial charge >= 0.3 is 0 Å². The largest absolute Gasteiger partial charge is 0.352 e. The molecule has 1 saturated heterocycles. The third-order valence-electron chi connectivity index (χ3n) is 7.48. The minimum atomic E-state index is -1.04. The smallest absolute Gasteiger partial charge is 0.253 e. The summed E-state index contributed by atoms with van der Waals surface area (Å²) in [4.78, 5) is 13.1. The van der Waals surface area contributed by atoms with E-state index in [1.165, 1.54) is 0 Å². The molecule has 1 spiro atoms. The Kier molecular flexibility index (Phi) is 4.67. The summed E-state index contributed by atoms with van der Waals surface area (Å²) in [6.07, 6.45) is 7.12. The van der Waals surface area contributed by atoms with E-state index in [0.717, 1.165) is 49.7 Å². The van der Waals surface area contributed by atoms with Crippen molar-refractivity contribution in [2.45, 2.75) is 57.2 Å². The molecule has 1 aliphatic heterocycles. The first-order chi connectivity index (χ1) is 13.9. The van der Waals surface area contributed by atoms with E-state index < -0.39 is 5.67 Å². The maximum Gasteiger partial charge on any atom is 0.253 e. The van der Waals surface area contributed by atoms with E-state index in [4.69, 9.17) is 11.6 Å². The van der Waals surface area contributed by atoms with Crippen molar-refractivity contribution in [3.63, 3.8) is 0 Å². The Morgan fingerprint density at radius 1 is 1.31 bits per heavy atom. The number of nitrogens with one attached hydrogen (secondary N) is 2. The number of amides is 1. The maximum atomic E-state index is 14.0. The average molecular weight is 418 g/mol. The highest BCUT2D eigenvalue weighted by molar-refractivity contribution is 6.36. The van der Waals surface area contributed by atoms with Crippen molar-refractivity contribution < 1.29 is 9.18 Å². The van der Waals surface area contributed by atoms with Gasteiger partial charge in [-0.3, -0.25) is 4.79 Å². The molecule has 0 atom stereocenters. The number of fused-ring (bicyclic) bond motifs is 1. The van der Waals surface area contributed by atoms with Gasteiger partial charge in [0.15, 0.2) is 0 Å². The summed E-state index contributed by atoms with van der Waals surface area (Å²) in [6.45, 7) is 4.50. The van der Waals surface area contributed by atoms with Crippen molar-refractivity contribution in [2.75, 3.05) is 19.6 Å². The highest BCUT2D eigenvalue weighted by Crippen LogP contribution is 2.52. The molecule has 4 nitrogen and oxygen atoms in total. The summed E-state index contributed by atoms with van der Waals surface area (Å²) in [5.41, 5.74) is 1.12. The zero-order valence-electron chi connectivity index (χ0n) is 16.9. The molecular weight excluding hydrogens is 389 g/mol. The van der Waals surface area contributed by atoms with Gasteiger partial charge in [0.2, 0.25) is 0 Å². The van der Waals surface area contributed by atoms with Crippen LogP contribution in [-0.4, -0.2) is 35.8 Å². The molecule has 2 N–H and O–H groups in total. The number of hydrogen-bond donors (Lipinski definition) is 2. The third kappa shape index (κ3) is 3.46. The van der Waals surface area contributed by atoms with E-state index in [2.05, 4.69) is 21.3 Å². The summed E-state index contributed by atoms with van der Waals surface area (Å²) in [7, 11) is 0. The second-order valence-corrected chi connectivity index (χ2v) is 10.2. The molecule has 0 radical (unpaired) electrons. The van der Waals surface area contributed by atoms with Gasteiger partial charge in [-0.15, -0.1) is 0 Å². The summed E-state index contributed by atoms with van der Waals surface area (Å²) >= 11 is 6.52. The van der Waals surface area contributed by atoms with Crippen molar-refractivity contribution in [2.24, 2.45) is 11.3 Å². The summed E-state index contributed by atoms with van der Waals surface area (Å²) < 4.78 is 16.3. The van der Waals surface area contributed by atoms with Crippen LogP contribution >= 0.6 is 11.6 Å². The van der Waals surface area contributed by atoms with Crippen molar-refractivity contribution in [3.05, 3.63) is 35.0 Å². The van der Waals surface area contributed by atoms with Crippen LogP contribution in [0.25, 0.3) is 10.9 Å². The van der Waals surface area contributed by atoms with E-state index >= 15 is 0 Å². The lowest BCUT2D eigenvalue weighted by molar-refractivity contribution is 0.00937. The SMILES string of the molecule is CC1(F)CCC(CNC(=O)c2cn(C3CC4(CNC4)C3)c3cccc(Cl)c23)CC1. The van der Waals surface area contributed by atoms with Crippen LogP contribution in [0, 0.1) is 11.3 Å². The Labute approximate surface area is 176 Å². The Balaban J connectivity index is 1.33. The monoisotopic (exact) mass is 417 g/mol. The molecule has 2 saturated carbocycles. The first-order valence-corrected chi connectivity index (χ1v) is 11.2. The molecule has 6 heteroatoms. The van der Waals surface area contributed by atoms with Crippen molar-refractivity contribution >= 4 is 28.4 Å². The number of rotatable bonds is 4.